The second-order valence-corrected chi connectivity index (χ2v) is 7.17. The van der Waals surface area contributed by atoms with E-state index >= 15 is 0 Å². The van der Waals surface area contributed by atoms with E-state index in [9.17, 15) is 8.76 Å². The Bertz CT molecular complexity index is 719. The van der Waals surface area contributed by atoms with Gasteiger partial charge in [0, 0.05) is 21.3 Å². The van der Waals surface area contributed by atoms with Crippen LogP contribution >= 0.6 is 11.6 Å². The highest BCUT2D eigenvalue weighted by Gasteiger charge is 2.27. The summed E-state index contributed by atoms with van der Waals surface area (Å²) in [4.78, 5) is 1.94. The molecule has 1 unspecified atom stereocenters. The van der Waals surface area contributed by atoms with Gasteiger partial charge in [-0.25, -0.2) is 4.21 Å². The number of hydrogen-bond donors (Lipinski definition) is 1. The average Bonchev–Trinajstić information content (AvgIpc) is 2.93. The van der Waals surface area contributed by atoms with Crippen LogP contribution in [-0.4, -0.2) is 20.2 Å². The van der Waals surface area contributed by atoms with Gasteiger partial charge in [0.25, 0.3) is 0 Å². The zero-order valence-corrected chi connectivity index (χ0v) is 13.7. The van der Waals surface area contributed by atoms with Gasteiger partial charge in [0.05, 0.1) is 4.90 Å². The predicted molar refractivity (Wildman–Crippen MR) is 86.6 cm³/mol. The molecule has 3 nitrogen and oxygen atoms in total. The maximum absolute atomic E-state index is 11.7. The molecule has 0 fully saturated rings. The molecule has 21 heavy (non-hydrogen) atoms. The molecule has 0 radical (unpaired) electrons. The molecule has 5 heteroatoms. The third kappa shape index (κ3) is 2.77. The largest absolute Gasteiger partial charge is 0.358 e. The van der Waals surface area contributed by atoms with Gasteiger partial charge in [-0.2, -0.15) is 0 Å². The molecular formula is C16H20ClNO2S. The monoisotopic (exact) mass is 327 g/mol. The molecule has 1 aliphatic heterocycles. The van der Waals surface area contributed by atoms with Crippen molar-refractivity contribution < 1.29 is 11.5 Å². The van der Waals surface area contributed by atoms with Crippen molar-refractivity contribution in [2.75, 3.05) is 6.50 Å². The number of halogens is 1. The molecule has 1 N–H and O–H groups in total. The molecule has 1 aromatic carbocycles. The van der Waals surface area contributed by atoms with Crippen LogP contribution in [0.15, 0.2) is 16.1 Å². The van der Waals surface area contributed by atoms with Crippen molar-refractivity contribution in [2.24, 2.45) is 5.92 Å². The number of rotatable bonds is 3. The molecule has 1 atom stereocenters. The van der Waals surface area contributed by atoms with Gasteiger partial charge in [-0.3, -0.25) is 0 Å². The van der Waals surface area contributed by atoms with Crippen molar-refractivity contribution in [1.82, 2.24) is 4.90 Å². The summed E-state index contributed by atoms with van der Waals surface area (Å²) < 4.78 is 38.0. The summed E-state index contributed by atoms with van der Waals surface area (Å²) in [6, 6.07) is 1.81. The molecular weight excluding hydrogens is 306 g/mol. The summed E-state index contributed by atoms with van der Waals surface area (Å²) in [5, 5.41) is 0.279. The van der Waals surface area contributed by atoms with Gasteiger partial charge >= 0.3 is 0 Å². The SMILES string of the molecule is [2H]C([2H])(C(C)C)N1Cc2c(c(S(=O)O)cc3c2CCC3)C=C1Cl. The van der Waals surface area contributed by atoms with E-state index in [0.29, 0.717) is 17.0 Å². The fourth-order valence-corrected chi connectivity index (χ4v) is 3.98. The molecule has 1 heterocycles. The Balaban J connectivity index is 2.17. The predicted octanol–water partition coefficient (Wildman–Crippen LogP) is 3.76. The van der Waals surface area contributed by atoms with Crippen molar-refractivity contribution >= 4 is 28.8 Å². The fraction of sp³-hybridized carbons (Fsp3) is 0.500. The first-order chi connectivity index (χ1) is 10.7. The van der Waals surface area contributed by atoms with Crippen molar-refractivity contribution in [2.45, 2.75) is 44.6 Å². The van der Waals surface area contributed by atoms with Gasteiger partial charge in [-0.1, -0.05) is 25.4 Å². The van der Waals surface area contributed by atoms with Crippen LogP contribution in [0.2, 0.25) is 0 Å². The second-order valence-electron chi connectivity index (χ2n) is 5.84. The van der Waals surface area contributed by atoms with E-state index in [1.54, 1.807) is 11.0 Å². The maximum Gasteiger partial charge on any atom is 0.187 e. The van der Waals surface area contributed by atoms with Gasteiger partial charge in [0.15, 0.2) is 11.1 Å². The molecule has 0 bridgehead atoms. The fourth-order valence-electron chi connectivity index (χ4n) is 3.15. The van der Waals surface area contributed by atoms with Crippen LogP contribution in [0.3, 0.4) is 0 Å². The van der Waals surface area contributed by atoms with Gasteiger partial charge in [0.1, 0.15) is 5.16 Å². The Hall–Kier alpha value is -0.840. The zero-order chi connectivity index (χ0) is 16.9. The van der Waals surface area contributed by atoms with Gasteiger partial charge in [-0.05, 0) is 54.0 Å². The number of aryl methyl sites for hydroxylation is 1. The Morgan fingerprint density at radius 3 is 2.90 bits per heavy atom. The Morgan fingerprint density at radius 2 is 2.24 bits per heavy atom. The van der Waals surface area contributed by atoms with E-state index in [4.69, 9.17) is 14.3 Å². The van der Waals surface area contributed by atoms with Crippen LogP contribution in [-0.2, 0) is 30.5 Å². The highest BCUT2D eigenvalue weighted by molar-refractivity contribution is 7.79. The van der Waals surface area contributed by atoms with Crippen molar-refractivity contribution in [3.05, 3.63) is 33.5 Å². The second kappa shape index (κ2) is 5.75. The lowest BCUT2D eigenvalue weighted by atomic mass is 9.94. The van der Waals surface area contributed by atoms with E-state index in [1.165, 1.54) is 5.56 Å². The first kappa shape index (κ1) is 12.7. The van der Waals surface area contributed by atoms with E-state index in [-0.39, 0.29) is 11.1 Å². The average molecular weight is 328 g/mol. The van der Waals surface area contributed by atoms with Crippen LogP contribution in [0.5, 0.6) is 0 Å². The lowest BCUT2D eigenvalue weighted by Gasteiger charge is -2.32. The Labute approximate surface area is 136 Å². The third-order valence-electron chi connectivity index (χ3n) is 3.96. The molecule has 1 aliphatic carbocycles. The zero-order valence-electron chi connectivity index (χ0n) is 14.1. The quantitative estimate of drug-likeness (QED) is 0.678. The van der Waals surface area contributed by atoms with Crippen molar-refractivity contribution in [3.8, 4) is 0 Å². The van der Waals surface area contributed by atoms with E-state index in [2.05, 4.69) is 0 Å². The minimum atomic E-state index is -2.08. The summed E-state index contributed by atoms with van der Waals surface area (Å²) in [5.41, 5.74) is 3.94. The number of nitrogens with zero attached hydrogens (tertiary/aromatic N) is 1. The summed E-state index contributed by atoms with van der Waals surface area (Å²) in [5.74, 6) is -0.227. The molecule has 114 valence electrons. The lowest BCUT2D eigenvalue weighted by Crippen LogP contribution is -2.28. The number of hydrogen-bond acceptors (Lipinski definition) is 2. The lowest BCUT2D eigenvalue weighted by molar-refractivity contribution is 0.311. The first-order valence-electron chi connectivity index (χ1n) is 8.16. The Kier molecular flexibility index (Phi) is 3.47. The van der Waals surface area contributed by atoms with Crippen LogP contribution in [0.4, 0.5) is 0 Å². The molecule has 0 aromatic heterocycles. The van der Waals surface area contributed by atoms with E-state index in [1.807, 2.05) is 19.9 Å². The minimum Gasteiger partial charge on any atom is -0.358 e. The van der Waals surface area contributed by atoms with Crippen molar-refractivity contribution in [1.29, 1.82) is 0 Å². The maximum atomic E-state index is 11.7. The molecule has 2 aliphatic rings. The number of benzene rings is 1. The highest BCUT2D eigenvalue weighted by atomic mass is 35.5. The molecule has 0 amide bonds. The first-order valence-corrected chi connectivity index (χ1v) is 8.65. The molecule has 0 saturated heterocycles. The molecule has 0 spiro atoms. The molecule has 1 aromatic rings. The third-order valence-corrected chi connectivity index (χ3v) is 4.99. The normalized spacial score (nSPS) is 20.6. The highest BCUT2D eigenvalue weighted by Crippen LogP contribution is 2.38. The Morgan fingerprint density at radius 1 is 1.48 bits per heavy atom. The summed E-state index contributed by atoms with van der Waals surface area (Å²) in [7, 11) is 0. The molecule has 3 rings (SSSR count). The summed E-state index contributed by atoms with van der Waals surface area (Å²) in [6.07, 6.45) is 4.50. The van der Waals surface area contributed by atoms with Gasteiger partial charge in [-0.15, -0.1) is 0 Å². The molecule has 0 saturated carbocycles. The van der Waals surface area contributed by atoms with Crippen LogP contribution in [0.1, 0.15) is 45.3 Å². The standard InChI is InChI=1S/C16H20ClNO2S/c1-10(2)8-18-9-14-12-5-3-4-11(12)6-15(21(19)20)13(14)7-16(18)17/h6-7,10H,3-5,8-9H2,1-2H3,(H,19,20)/i8D2. The van der Waals surface area contributed by atoms with Crippen LogP contribution in [0.25, 0.3) is 6.08 Å². The summed E-state index contributed by atoms with van der Waals surface area (Å²) in [6.45, 7) is 2.40. The van der Waals surface area contributed by atoms with Crippen LogP contribution in [0, 0.1) is 5.92 Å². The minimum absolute atomic E-state index is 0.227. The smallest absolute Gasteiger partial charge is 0.187 e. The van der Waals surface area contributed by atoms with Crippen molar-refractivity contribution in [3.63, 3.8) is 0 Å². The summed E-state index contributed by atoms with van der Waals surface area (Å²) >= 11 is 4.25. The van der Waals surface area contributed by atoms with Gasteiger partial charge in [0.2, 0.25) is 0 Å². The van der Waals surface area contributed by atoms with E-state index in [0.717, 1.165) is 30.4 Å². The topological polar surface area (TPSA) is 40.5 Å². The van der Waals surface area contributed by atoms with Crippen LogP contribution < -0.4 is 0 Å². The van der Waals surface area contributed by atoms with Gasteiger partial charge < -0.3 is 9.45 Å². The number of fused-ring (bicyclic) bond motifs is 3. The van der Waals surface area contributed by atoms with E-state index < -0.39 is 17.6 Å².